The zero-order valence-corrected chi connectivity index (χ0v) is 20.1. The molecule has 0 saturated carbocycles. The average Bonchev–Trinajstić information content (AvgIpc) is 3.37. The molecule has 4 heterocycles. The van der Waals surface area contributed by atoms with Gasteiger partial charge in [0.05, 0.1) is 31.4 Å². The molecule has 0 spiro atoms. The number of rotatable bonds is 1. The highest BCUT2D eigenvalue weighted by atomic mass is 35.5. The Labute approximate surface area is 201 Å². The second kappa shape index (κ2) is 8.23. The summed E-state index contributed by atoms with van der Waals surface area (Å²) >= 11 is 6.72. The highest BCUT2D eigenvalue weighted by molar-refractivity contribution is 6.26. The fourth-order valence-electron chi connectivity index (χ4n) is 4.39. The number of dihydropyridines is 1. The summed E-state index contributed by atoms with van der Waals surface area (Å²) in [6, 6.07) is 4.82. The molecule has 10 heteroatoms. The van der Waals surface area contributed by atoms with E-state index in [0.717, 1.165) is 11.3 Å². The third-order valence-corrected chi connectivity index (χ3v) is 6.27. The lowest BCUT2D eigenvalue weighted by atomic mass is 9.95. The van der Waals surface area contributed by atoms with Gasteiger partial charge >= 0.3 is 6.09 Å². The number of halogens is 2. The van der Waals surface area contributed by atoms with E-state index in [1.165, 1.54) is 11.0 Å². The lowest BCUT2D eigenvalue weighted by molar-refractivity contribution is 0.0271. The van der Waals surface area contributed by atoms with Crippen molar-refractivity contribution in [1.82, 2.24) is 20.0 Å². The summed E-state index contributed by atoms with van der Waals surface area (Å²) in [7, 11) is 1.82. The van der Waals surface area contributed by atoms with Crippen LogP contribution in [0.4, 0.5) is 9.18 Å². The Kier molecular flexibility index (Phi) is 5.47. The third-order valence-electron chi connectivity index (χ3n) is 5.92. The minimum Gasteiger partial charge on any atom is -0.493 e. The fraction of sp³-hybridized carbons (Fsp3) is 0.417. The van der Waals surface area contributed by atoms with E-state index >= 15 is 4.39 Å². The Morgan fingerprint density at radius 2 is 2.03 bits per heavy atom. The smallest absolute Gasteiger partial charge is 0.416 e. The summed E-state index contributed by atoms with van der Waals surface area (Å²) in [4.78, 5) is 14.7. The maximum Gasteiger partial charge on any atom is 0.416 e. The molecule has 1 N–H and O–H groups in total. The minimum absolute atomic E-state index is 0.0720. The van der Waals surface area contributed by atoms with Crippen LogP contribution in [-0.2, 0) is 23.1 Å². The normalized spacial score (nSPS) is 21.7. The number of allylic oxidation sites excluding steroid dienone is 1. The van der Waals surface area contributed by atoms with Crippen LogP contribution in [0.2, 0.25) is 0 Å². The summed E-state index contributed by atoms with van der Waals surface area (Å²) in [5, 5.41) is 7.40. The maximum atomic E-state index is 15.1. The topological polar surface area (TPSA) is 77.9 Å². The molecule has 0 radical (unpaired) electrons. The van der Waals surface area contributed by atoms with E-state index in [1.54, 1.807) is 43.8 Å². The summed E-state index contributed by atoms with van der Waals surface area (Å²) in [5.74, 6) is 0.716. The number of benzene rings is 1. The van der Waals surface area contributed by atoms with Crippen LogP contribution in [0.5, 0.6) is 5.75 Å². The number of carbonyl (C=O) groups is 1. The van der Waals surface area contributed by atoms with Crippen molar-refractivity contribution in [1.29, 1.82) is 0 Å². The summed E-state index contributed by atoms with van der Waals surface area (Å²) in [6.45, 7) is 5.86. The van der Waals surface area contributed by atoms with Crippen molar-refractivity contribution in [2.45, 2.75) is 44.3 Å². The number of nitrogens with one attached hydrogen (secondary N) is 1. The SMILES string of the molecule is Cn1nccc1C1=CC2=C(NC1Cl)N(C(=O)OC(C)(C)C)Cc1c(F)ccc3c1[C@@H](CO2)CO3. The Morgan fingerprint density at radius 1 is 1.26 bits per heavy atom. The van der Waals surface area contributed by atoms with Crippen LogP contribution in [0, 0.1) is 5.82 Å². The first-order chi connectivity index (χ1) is 16.1. The summed E-state index contributed by atoms with van der Waals surface area (Å²) in [6.07, 6.45) is 2.82. The molecule has 0 bridgehead atoms. The summed E-state index contributed by atoms with van der Waals surface area (Å²) < 4.78 is 34.5. The predicted molar refractivity (Wildman–Crippen MR) is 123 cm³/mol. The molecule has 180 valence electrons. The van der Waals surface area contributed by atoms with Gasteiger partial charge in [-0.15, -0.1) is 0 Å². The number of aromatic nitrogens is 2. The molecule has 8 nitrogen and oxygen atoms in total. The van der Waals surface area contributed by atoms with E-state index in [2.05, 4.69) is 10.4 Å². The Balaban J connectivity index is 1.65. The van der Waals surface area contributed by atoms with Gasteiger partial charge in [0.15, 0.2) is 11.6 Å². The molecule has 34 heavy (non-hydrogen) atoms. The molecule has 1 aromatic carbocycles. The maximum absolute atomic E-state index is 15.1. The van der Waals surface area contributed by atoms with Crippen molar-refractivity contribution in [3.8, 4) is 5.75 Å². The predicted octanol–water partition coefficient (Wildman–Crippen LogP) is 4.22. The standard InChI is InChI=1S/C24H26ClFN4O4/c1-24(2,3)34-23(31)30-10-15-16(26)5-6-18-20(15)13(11-32-18)12-33-19-9-14(21(25)28-22(19)30)17-7-8-27-29(17)4/h5-9,13,21,28H,10-12H2,1-4H3/t13-,21?/m1/s1. The lowest BCUT2D eigenvalue weighted by Crippen LogP contribution is -2.44. The molecule has 2 aromatic rings. The average molecular weight is 489 g/mol. The van der Waals surface area contributed by atoms with Crippen LogP contribution in [0.25, 0.3) is 5.57 Å². The van der Waals surface area contributed by atoms with E-state index in [1.807, 2.05) is 13.1 Å². The van der Waals surface area contributed by atoms with Gasteiger partial charge in [-0.05, 0) is 45.0 Å². The first-order valence-electron chi connectivity index (χ1n) is 11.0. The number of amides is 1. The first kappa shape index (κ1) is 22.6. The molecule has 0 aliphatic carbocycles. The minimum atomic E-state index is -0.759. The van der Waals surface area contributed by atoms with Crippen LogP contribution in [-0.4, -0.2) is 45.1 Å². The van der Waals surface area contributed by atoms with Gasteiger partial charge in [0.25, 0.3) is 0 Å². The largest absolute Gasteiger partial charge is 0.493 e. The Hall–Kier alpha value is -3.20. The fourth-order valence-corrected chi connectivity index (χ4v) is 4.67. The molecule has 2 atom stereocenters. The van der Waals surface area contributed by atoms with Crippen molar-refractivity contribution in [3.05, 3.63) is 64.7 Å². The number of nitrogens with zero attached hydrogens (tertiary/aromatic N) is 3. The molecule has 0 fully saturated rings. The number of ether oxygens (including phenoxy) is 3. The van der Waals surface area contributed by atoms with Crippen molar-refractivity contribution < 1.29 is 23.4 Å². The van der Waals surface area contributed by atoms with Crippen LogP contribution in [0.15, 0.2) is 42.1 Å². The van der Waals surface area contributed by atoms with E-state index in [0.29, 0.717) is 35.1 Å². The van der Waals surface area contributed by atoms with Gasteiger partial charge in [-0.2, -0.15) is 5.10 Å². The third kappa shape index (κ3) is 3.98. The van der Waals surface area contributed by atoms with Crippen molar-refractivity contribution in [2.24, 2.45) is 7.05 Å². The van der Waals surface area contributed by atoms with Gasteiger partial charge in [0.1, 0.15) is 22.7 Å². The Morgan fingerprint density at radius 3 is 2.74 bits per heavy atom. The van der Waals surface area contributed by atoms with E-state index < -0.39 is 23.0 Å². The quantitative estimate of drug-likeness (QED) is 0.478. The van der Waals surface area contributed by atoms with Gasteiger partial charge in [-0.25, -0.2) is 9.18 Å². The number of hydrogen-bond donors (Lipinski definition) is 1. The van der Waals surface area contributed by atoms with E-state index in [-0.39, 0.29) is 19.1 Å². The highest BCUT2D eigenvalue weighted by Gasteiger charge is 2.38. The molecule has 3 aliphatic heterocycles. The molecule has 1 unspecified atom stereocenters. The molecule has 3 aliphatic rings. The van der Waals surface area contributed by atoms with Crippen molar-refractivity contribution in [2.75, 3.05) is 13.2 Å². The Bertz CT molecular complexity index is 1220. The number of carbonyl (C=O) groups excluding carboxylic acids is 1. The molecular weight excluding hydrogens is 463 g/mol. The molecule has 1 amide bonds. The van der Waals surface area contributed by atoms with E-state index in [4.69, 9.17) is 25.8 Å². The molecular formula is C24H26ClFN4O4. The lowest BCUT2D eigenvalue weighted by Gasteiger charge is -2.34. The second-order valence-corrected chi connectivity index (χ2v) is 9.92. The van der Waals surface area contributed by atoms with Crippen LogP contribution < -0.4 is 10.1 Å². The van der Waals surface area contributed by atoms with E-state index in [9.17, 15) is 4.79 Å². The molecule has 1 aromatic heterocycles. The zero-order valence-electron chi connectivity index (χ0n) is 19.4. The number of hydrogen-bond acceptors (Lipinski definition) is 6. The van der Waals surface area contributed by atoms with Crippen LogP contribution in [0.1, 0.15) is 43.5 Å². The first-order valence-corrected chi connectivity index (χ1v) is 11.5. The summed E-state index contributed by atoms with van der Waals surface area (Å²) in [5.41, 5.74) is 1.17. The van der Waals surface area contributed by atoms with Gasteiger partial charge in [-0.1, -0.05) is 11.6 Å². The second-order valence-electron chi connectivity index (χ2n) is 9.48. The van der Waals surface area contributed by atoms with Crippen molar-refractivity contribution in [3.63, 3.8) is 0 Å². The monoisotopic (exact) mass is 488 g/mol. The van der Waals surface area contributed by atoms with Crippen LogP contribution in [0.3, 0.4) is 0 Å². The van der Waals surface area contributed by atoms with Crippen LogP contribution >= 0.6 is 11.6 Å². The van der Waals surface area contributed by atoms with Gasteiger partial charge < -0.3 is 19.5 Å². The van der Waals surface area contributed by atoms with Crippen molar-refractivity contribution >= 4 is 23.3 Å². The number of aryl methyl sites for hydroxylation is 1. The number of alkyl halides is 1. The van der Waals surface area contributed by atoms with Gasteiger partial charge in [-0.3, -0.25) is 9.58 Å². The van der Waals surface area contributed by atoms with Gasteiger partial charge in [0.2, 0.25) is 0 Å². The zero-order chi connectivity index (χ0) is 24.2. The molecule has 5 rings (SSSR count). The van der Waals surface area contributed by atoms with Gasteiger partial charge in [0, 0.05) is 29.9 Å². The molecule has 0 saturated heterocycles. The highest BCUT2D eigenvalue weighted by Crippen LogP contribution is 2.41.